The van der Waals surface area contributed by atoms with E-state index in [1.165, 1.54) is 28.7 Å². The van der Waals surface area contributed by atoms with Gasteiger partial charge in [0, 0.05) is 5.69 Å². The van der Waals surface area contributed by atoms with Crippen LogP contribution in [0.1, 0.15) is 32.3 Å². The molecular weight excluding hydrogens is 288 g/mol. The van der Waals surface area contributed by atoms with Gasteiger partial charge in [-0.1, -0.05) is 49.1 Å². The van der Waals surface area contributed by atoms with Gasteiger partial charge in [-0.2, -0.15) is 5.26 Å². The van der Waals surface area contributed by atoms with Gasteiger partial charge < -0.3 is 5.32 Å². The molecular formula is C14H16N4S2. The van der Waals surface area contributed by atoms with Crippen molar-refractivity contribution >= 4 is 33.9 Å². The van der Waals surface area contributed by atoms with Crippen LogP contribution in [0, 0.1) is 11.3 Å². The van der Waals surface area contributed by atoms with Gasteiger partial charge in [0.05, 0.1) is 11.3 Å². The van der Waals surface area contributed by atoms with Crippen molar-refractivity contribution in [1.29, 1.82) is 5.26 Å². The molecule has 2 aromatic rings. The zero-order valence-electron chi connectivity index (χ0n) is 11.6. The first-order valence-corrected chi connectivity index (χ1v) is 8.05. The molecule has 0 radical (unpaired) electrons. The van der Waals surface area contributed by atoms with E-state index < -0.39 is 0 Å². The molecule has 0 unspecified atom stereocenters. The van der Waals surface area contributed by atoms with E-state index in [0.29, 0.717) is 5.92 Å². The predicted molar refractivity (Wildman–Crippen MR) is 84.7 cm³/mol. The van der Waals surface area contributed by atoms with E-state index in [0.717, 1.165) is 15.2 Å². The minimum Gasteiger partial charge on any atom is -0.330 e. The second-order valence-electron chi connectivity index (χ2n) is 4.66. The number of aromatic nitrogens is 2. The molecule has 4 nitrogen and oxygen atoms in total. The molecule has 6 heteroatoms. The summed E-state index contributed by atoms with van der Waals surface area (Å²) < 4.78 is 0.806. The number of nitrogens with zero attached hydrogens (tertiary/aromatic N) is 3. The highest BCUT2D eigenvalue weighted by Gasteiger charge is 2.09. The SMILES string of the molecule is CC(C)c1ccc(Nc2nnc(S[C@H](C)C#N)s2)cc1. The van der Waals surface area contributed by atoms with Crippen molar-refractivity contribution in [2.45, 2.75) is 36.3 Å². The lowest BCUT2D eigenvalue weighted by molar-refractivity contribution is 0.867. The Hall–Kier alpha value is -1.58. The molecule has 1 atom stereocenters. The highest BCUT2D eigenvalue weighted by atomic mass is 32.2. The Balaban J connectivity index is 2.01. The van der Waals surface area contributed by atoms with Crippen LogP contribution in [0.2, 0.25) is 0 Å². The average Bonchev–Trinajstić information content (AvgIpc) is 2.86. The van der Waals surface area contributed by atoms with E-state index in [4.69, 9.17) is 5.26 Å². The van der Waals surface area contributed by atoms with Crippen molar-refractivity contribution in [1.82, 2.24) is 10.2 Å². The van der Waals surface area contributed by atoms with Crippen molar-refractivity contribution in [3.05, 3.63) is 29.8 Å². The Labute approximate surface area is 127 Å². The van der Waals surface area contributed by atoms with Crippen molar-refractivity contribution in [3.63, 3.8) is 0 Å². The third-order valence-electron chi connectivity index (χ3n) is 2.69. The van der Waals surface area contributed by atoms with Crippen molar-refractivity contribution in [2.75, 3.05) is 5.32 Å². The van der Waals surface area contributed by atoms with Gasteiger partial charge in [-0.25, -0.2) is 0 Å². The summed E-state index contributed by atoms with van der Waals surface area (Å²) in [6.07, 6.45) is 0. The van der Waals surface area contributed by atoms with E-state index in [-0.39, 0.29) is 5.25 Å². The number of benzene rings is 1. The standard InChI is InChI=1S/C14H16N4S2/c1-9(2)11-4-6-12(7-5-11)16-13-17-18-14(20-13)19-10(3)8-15/h4-7,9-10H,1-3H3,(H,16,17)/t10-/m1/s1. The van der Waals surface area contributed by atoms with Crippen LogP contribution < -0.4 is 5.32 Å². The maximum atomic E-state index is 8.78. The molecule has 0 spiro atoms. The minimum absolute atomic E-state index is 0.110. The smallest absolute Gasteiger partial charge is 0.210 e. The number of nitrogens with one attached hydrogen (secondary N) is 1. The van der Waals surface area contributed by atoms with Crippen molar-refractivity contribution in [3.8, 4) is 6.07 Å². The molecule has 0 fully saturated rings. The van der Waals surface area contributed by atoms with Crippen molar-refractivity contribution < 1.29 is 0 Å². The molecule has 0 saturated heterocycles. The van der Waals surface area contributed by atoms with Gasteiger partial charge in [-0.15, -0.1) is 10.2 Å². The Kier molecular flexibility index (Phi) is 4.99. The Morgan fingerprint density at radius 1 is 1.20 bits per heavy atom. The van der Waals surface area contributed by atoms with Crippen LogP contribution in [-0.4, -0.2) is 15.4 Å². The fourth-order valence-electron chi connectivity index (χ4n) is 1.56. The molecule has 104 valence electrons. The third kappa shape index (κ3) is 3.95. The number of nitriles is 1. The molecule has 0 aliphatic rings. The van der Waals surface area contributed by atoms with Gasteiger partial charge >= 0.3 is 0 Å². The summed E-state index contributed by atoms with van der Waals surface area (Å²) in [5.74, 6) is 0.529. The van der Waals surface area contributed by atoms with E-state index in [9.17, 15) is 0 Å². The zero-order valence-corrected chi connectivity index (χ0v) is 13.3. The quantitative estimate of drug-likeness (QED) is 0.829. The number of thioether (sulfide) groups is 1. The molecule has 1 aromatic carbocycles. The van der Waals surface area contributed by atoms with E-state index in [1.807, 2.05) is 19.1 Å². The maximum absolute atomic E-state index is 8.78. The molecule has 0 bridgehead atoms. The number of hydrogen-bond donors (Lipinski definition) is 1. The Morgan fingerprint density at radius 3 is 2.50 bits per heavy atom. The molecule has 0 amide bonds. The van der Waals surface area contributed by atoms with Crippen LogP contribution in [0.25, 0.3) is 0 Å². The number of rotatable bonds is 5. The predicted octanol–water partition coefficient (Wildman–Crippen LogP) is 4.41. The first kappa shape index (κ1) is 14.8. The molecule has 0 aliphatic heterocycles. The molecule has 2 rings (SSSR count). The van der Waals surface area contributed by atoms with Gasteiger partial charge in [-0.3, -0.25) is 0 Å². The van der Waals surface area contributed by atoms with Crippen LogP contribution in [0.3, 0.4) is 0 Å². The minimum atomic E-state index is -0.110. The normalized spacial score (nSPS) is 12.2. The Morgan fingerprint density at radius 2 is 1.90 bits per heavy atom. The first-order chi connectivity index (χ1) is 9.58. The van der Waals surface area contributed by atoms with Crippen molar-refractivity contribution in [2.24, 2.45) is 0 Å². The van der Waals surface area contributed by atoms with Gasteiger partial charge in [0.2, 0.25) is 5.13 Å². The van der Waals surface area contributed by atoms with Gasteiger partial charge in [0.1, 0.15) is 0 Å². The largest absolute Gasteiger partial charge is 0.330 e. The average molecular weight is 304 g/mol. The van der Waals surface area contributed by atoms with Crippen LogP contribution in [0.5, 0.6) is 0 Å². The lowest BCUT2D eigenvalue weighted by Gasteiger charge is -2.06. The summed E-state index contributed by atoms with van der Waals surface area (Å²) in [6, 6.07) is 10.5. The fraction of sp³-hybridized carbons (Fsp3) is 0.357. The number of anilines is 2. The molecule has 1 N–H and O–H groups in total. The molecule has 20 heavy (non-hydrogen) atoms. The van der Waals surface area contributed by atoms with E-state index >= 15 is 0 Å². The summed E-state index contributed by atoms with van der Waals surface area (Å²) >= 11 is 2.89. The molecule has 1 aromatic heterocycles. The summed E-state index contributed by atoms with van der Waals surface area (Å²) in [6.45, 7) is 6.20. The van der Waals surface area contributed by atoms with Crippen LogP contribution in [0.4, 0.5) is 10.8 Å². The van der Waals surface area contributed by atoms with Crippen LogP contribution >= 0.6 is 23.1 Å². The Bertz CT molecular complexity index is 598. The second-order valence-corrected chi connectivity index (χ2v) is 7.23. The monoisotopic (exact) mass is 304 g/mol. The highest BCUT2D eigenvalue weighted by Crippen LogP contribution is 2.30. The van der Waals surface area contributed by atoms with Crippen LogP contribution in [-0.2, 0) is 0 Å². The van der Waals surface area contributed by atoms with Gasteiger partial charge in [0.25, 0.3) is 0 Å². The molecule has 0 aliphatic carbocycles. The van der Waals surface area contributed by atoms with E-state index in [2.05, 4.69) is 47.6 Å². The summed E-state index contributed by atoms with van der Waals surface area (Å²) in [7, 11) is 0. The van der Waals surface area contributed by atoms with Crippen LogP contribution in [0.15, 0.2) is 28.6 Å². The highest BCUT2D eigenvalue weighted by molar-refractivity contribution is 8.01. The maximum Gasteiger partial charge on any atom is 0.210 e. The fourth-order valence-corrected chi connectivity index (χ4v) is 3.36. The third-order valence-corrected chi connectivity index (χ3v) is 4.61. The first-order valence-electron chi connectivity index (χ1n) is 6.35. The lowest BCUT2D eigenvalue weighted by Crippen LogP contribution is -1.91. The summed E-state index contributed by atoms with van der Waals surface area (Å²) in [5.41, 5.74) is 2.31. The zero-order chi connectivity index (χ0) is 14.5. The van der Waals surface area contributed by atoms with E-state index in [1.54, 1.807) is 0 Å². The summed E-state index contributed by atoms with van der Waals surface area (Å²) in [5, 5.41) is 20.8. The lowest BCUT2D eigenvalue weighted by atomic mass is 10.0. The van der Waals surface area contributed by atoms with Gasteiger partial charge in [-0.05, 0) is 30.5 Å². The van der Waals surface area contributed by atoms with Gasteiger partial charge in [0.15, 0.2) is 4.34 Å². The number of hydrogen-bond acceptors (Lipinski definition) is 6. The topological polar surface area (TPSA) is 61.6 Å². The summed E-state index contributed by atoms with van der Waals surface area (Å²) in [4.78, 5) is 0. The molecule has 0 saturated carbocycles. The second kappa shape index (κ2) is 6.73. The molecule has 1 heterocycles.